The maximum atomic E-state index is 12.5. The van der Waals surface area contributed by atoms with Crippen molar-refractivity contribution in [2.75, 3.05) is 6.54 Å². The van der Waals surface area contributed by atoms with Crippen molar-refractivity contribution in [2.45, 2.75) is 62.7 Å². The third-order valence-electron chi connectivity index (χ3n) is 3.36. The largest absolute Gasteiger partial charge is 0.423 e. The van der Waals surface area contributed by atoms with Gasteiger partial charge in [-0.15, -0.1) is 0 Å². The highest BCUT2D eigenvalue weighted by atomic mass is 19.4. The molecular weight excluding hydrogens is 302 g/mol. The number of rotatable bonds is 4. The molecule has 0 radical (unpaired) electrons. The average Bonchev–Trinajstić information content (AvgIpc) is 2.34. The van der Waals surface area contributed by atoms with E-state index >= 15 is 0 Å². The van der Waals surface area contributed by atoms with E-state index in [1.807, 2.05) is 6.07 Å². The van der Waals surface area contributed by atoms with Gasteiger partial charge in [0.2, 0.25) is 6.10 Å². The van der Waals surface area contributed by atoms with Crippen molar-refractivity contribution >= 4 is 0 Å². The number of ether oxygens (including phenoxy) is 1. The van der Waals surface area contributed by atoms with Crippen molar-refractivity contribution in [2.24, 2.45) is 0 Å². The molecule has 2 atom stereocenters. The third kappa shape index (κ3) is 4.74. The Morgan fingerprint density at radius 3 is 2.29 bits per heavy atom. The summed E-state index contributed by atoms with van der Waals surface area (Å²) < 4.78 is 79.1. The quantitative estimate of drug-likeness (QED) is 0.809. The molecule has 1 rings (SSSR count). The fourth-order valence-electron chi connectivity index (χ4n) is 2.51. The molecule has 1 saturated carbocycles. The van der Waals surface area contributed by atoms with Crippen LogP contribution in [-0.2, 0) is 4.74 Å². The molecule has 1 aliphatic carbocycles. The number of nitriles is 1. The number of nitrogens with one attached hydrogen (secondary N) is 1. The predicted molar refractivity (Wildman–Crippen MR) is 61.3 cm³/mol. The SMILES string of the molecule is CCNC1(C#N)CCCC(OC(C(F)(F)F)C(F)(F)F)C1. The second kappa shape index (κ2) is 6.40. The molecule has 9 heteroatoms. The molecule has 1 fully saturated rings. The maximum absolute atomic E-state index is 12.5. The van der Waals surface area contributed by atoms with Crippen LogP contribution in [0.5, 0.6) is 0 Å². The van der Waals surface area contributed by atoms with Crippen molar-refractivity contribution in [1.82, 2.24) is 5.32 Å². The van der Waals surface area contributed by atoms with Gasteiger partial charge in [0.1, 0.15) is 5.54 Å². The van der Waals surface area contributed by atoms with Crippen LogP contribution < -0.4 is 5.32 Å². The Morgan fingerprint density at radius 1 is 1.29 bits per heavy atom. The molecule has 0 aliphatic heterocycles. The lowest BCUT2D eigenvalue weighted by Crippen LogP contribution is -2.52. The molecule has 0 saturated heterocycles. The Labute approximate surface area is 118 Å². The summed E-state index contributed by atoms with van der Waals surface area (Å²) in [7, 11) is 0. The highest BCUT2D eigenvalue weighted by Crippen LogP contribution is 2.39. The van der Waals surface area contributed by atoms with Crippen LogP contribution in [0.4, 0.5) is 26.3 Å². The van der Waals surface area contributed by atoms with Gasteiger partial charge >= 0.3 is 12.4 Å². The molecule has 1 N–H and O–H groups in total. The third-order valence-corrected chi connectivity index (χ3v) is 3.36. The first-order valence-corrected chi connectivity index (χ1v) is 6.49. The Morgan fingerprint density at radius 2 is 1.86 bits per heavy atom. The van der Waals surface area contributed by atoms with Gasteiger partial charge in [-0.2, -0.15) is 31.6 Å². The molecule has 21 heavy (non-hydrogen) atoms. The van der Waals surface area contributed by atoms with Gasteiger partial charge in [0, 0.05) is 6.42 Å². The van der Waals surface area contributed by atoms with E-state index in [2.05, 4.69) is 10.1 Å². The van der Waals surface area contributed by atoms with Gasteiger partial charge in [-0.3, -0.25) is 5.32 Å². The van der Waals surface area contributed by atoms with Gasteiger partial charge in [-0.1, -0.05) is 6.92 Å². The van der Waals surface area contributed by atoms with Crippen LogP contribution in [0.2, 0.25) is 0 Å². The summed E-state index contributed by atoms with van der Waals surface area (Å²) in [5.41, 5.74) is -1.13. The van der Waals surface area contributed by atoms with Crippen LogP contribution in [0.25, 0.3) is 0 Å². The lowest BCUT2D eigenvalue weighted by molar-refractivity contribution is -0.333. The van der Waals surface area contributed by atoms with E-state index in [1.165, 1.54) is 0 Å². The Bertz CT molecular complexity index is 371. The smallest absolute Gasteiger partial charge is 0.357 e. The van der Waals surface area contributed by atoms with E-state index < -0.39 is 30.1 Å². The number of nitrogens with zero attached hydrogens (tertiary/aromatic N) is 1. The summed E-state index contributed by atoms with van der Waals surface area (Å²) in [6.45, 7) is 2.10. The van der Waals surface area contributed by atoms with Gasteiger partial charge in [-0.25, -0.2) is 0 Å². The first kappa shape index (κ1) is 18.0. The fraction of sp³-hybridized carbons (Fsp3) is 0.917. The number of alkyl halides is 6. The monoisotopic (exact) mass is 318 g/mol. The van der Waals surface area contributed by atoms with E-state index in [1.54, 1.807) is 6.92 Å². The van der Waals surface area contributed by atoms with Crippen molar-refractivity contribution in [3.05, 3.63) is 0 Å². The van der Waals surface area contributed by atoms with E-state index in [9.17, 15) is 26.3 Å². The minimum atomic E-state index is -5.52. The summed E-state index contributed by atoms with van der Waals surface area (Å²) in [6.07, 6.45) is -15.5. The molecule has 0 aromatic rings. The maximum Gasteiger partial charge on any atom is 0.423 e. The zero-order valence-electron chi connectivity index (χ0n) is 11.3. The molecule has 0 spiro atoms. The fourth-order valence-corrected chi connectivity index (χ4v) is 2.51. The van der Waals surface area contributed by atoms with Gasteiger partial charge in [0.15, 0.2) is 0 Å². The normalized spacial score (nSPS) is 27.7. The summed E-state index contributed by atoms with van der Waals surface area (Å²) in [5.74, 6) is 0. The predicted octanol–water partition coefficient (Wildman–Crippen LogP) is 3.31. The van der Waals surface area contributed by atoms with E-state index in [0.29, 0.717) is 19.4 Å². The van der Waals surface area contributed by atoms with Crippen molar-refractivity contribution in [1.29, 1.82) is 5.26 Å². The van der Waals surface area contributed by atoms with Gasteiger partial charge in [-0.05, 0) is 25.8 Å². The number of halogens is 6. The Hall–Kier alpha value is -1.01. The lowest BCUT2D eigenvalue weighted by Gasteiger charge is -2.38. The molecule has 0 aromatic heterocycles. The molecule has 0 amide bonds. The van der Waals surface area contributed by atoms with Crippen LogP contribution in [0.15, 0.2) is 0 Å². The summed E-state index contributed by atoms with van der Waals surface area (Å²) in [6, 6.07) is 1.95. The minimum Gasteiger partial charge on any atom is -0.357 e. The minimum absolute atomic E-state index is 0.0669. The Kier molecular flexibility index (Phi) is 5.50. The lowest BCUT2D eigenvalue weighted by atomic mass is 9.81. The molecule has 0 heterocycles. The van der Waals surface area contributed by atoms with Gasteiger partial charge < -0.3 is 4.74 Å². The van der Waals surface area contributed by atoms with E-state index in [4.69, 9.17) is 5.26 Å². The van der Waals surface area contributed by atoms with Crippen LogP contribution >= 0.6 is 0 Å². The van der Waals surface area contributed by atoms with Crippen molar-refractivity contribution < 1.29 is 31.1 Å². The topological polar surface area (TPSA) is 45.0 Å². The zero-order chi connectivity index (χ0) is 16.3. The molecule has 2 unspecified atom stereocenters. The number of hydrogen-bond acceptors (Lipinski definition) is 3. The van der Waals surface area contributed by atoms with Crippen LogP contribution in [-0.4, -0.2) is 36.6 Å². The van der Waals surface area contributed by atoms with Crippen LogP contribution in [0.1, 0.15) is 32.6 Å². The standard InChI is InChI=1S/C12H16F6N2O/c1-2-20-10(7-19)5-3-4-8(6-10)21-9(11(13,14)15)12(16,17)18/h8-9,20H,2-6H2,1H3. The highest BCUT2D eigenvalue weighted by molar-refractivity contribution is 5.10. The molecule has 122 valence electrons. The second-order valence-corrected chi connectivity index (χ2v) is 5.04. The molecule has 0 aromatic carbocycles. The van der Waals surface area contributed by atoms with Gasteiger partial charge in [0.05, 0.1) is 12.2 Å². The molecule has 1 aliphatic rings. The Balaban J connectivity index is 2.83. The number of hydrogen-bond donors (Lipinski definition) is 1. The molecular formula is C12H16F6N2O. The van der Waals surface area contributed by atoms with Crippen LogP contribution in [0, 0.1) is 11.3 Å². The summed E-state index contributed by atoms with van der Waals surface area (Å²) >= 11 is 0. The first-order valence-electron chi connectivity index (χ1n) is 6.49. The second-order valence-electron chi connectivity index (χ2n) is 5.04. The van der Waals surface area contributed by atoms with Crippen molar-refractivity contribution in [3.8, 4) is 6.07 Å². The first-order chi connectivity index (χ1) is 9.54. The van der Waals surface area contributed by atoms with E-state index in [0.717, 1.165) is 0 Å². The molecule has 3 nitrogen and oxygen atoms in total. The van der Waals surface area contributed by atoms with E-state index in [-0.39, 0.29) is 12.8 Å². The average molecular weight is 318 g/mol. The zero-order valence-corrected chi connectivity index (χ0v) is 11.3. The summed E-state index contributed by atoms with van der Waals surface area (Å²) in [4.78, 5) is 0. The highest BCUT2D eigenvalue weighted by Gasteiger charge is 2.59. The van der Waals surface area contributed by atoms with Crippen LogP contribution in [0.3, 0.4) is 0 Å². The molecule has 0 bridgehead atoms. The van der Waals surface area contributed by atoms with Gasteiger partial charge in [0.25, 0.3) is 0 Å². The van der Waals surface area contributed by atoms with Crippen molar-refractivity contribution in [3.63, 3.8) is 0 Å². The summed E-state index contributed by atoms with van der Waals surface area (Å²) in [5, 5.41) is 12.0.